The van der Waals surface area contributed by atoms with Gasteiger partial charge < -0.3 is 9.53 Å². The van der Waals surface area contributed by atoms with Gasteiger partial charge in [-0.1, -0.05) is 28.1 Å². The zero-order valence-corrected chi connectivity index (χ0v) is 9.29. The smallest absolute Gasteiger partial charge is 0.121 e. The minimum atomic E-state index is -0.0640. The van der Waals surface area contributed by atoms with Crippen molar-refractivity contribution in [2.45, 2.75) is 11.8 Å². The first kappa shape index (κ1) is 9.87. The number of rotatable bonds is 3. The van der Waals surface area contributed by atoms with Gasteiger partial charge in [-0.3, -0.25) is 0 Å². The lowest BCUT2D eigenvalue weighted by molar-refractivity contribution is -0.116. The molecule has 1 saturated heterocycles. The van der Waals surface area contributed by atoms with E-state index in [1.54, 1.807) is 0 Å². The van der Waals surface area contributed by atoms with Crippen LogP contribution in [0, 0.1) is 0 Å². The zero-order valence-electron chi connectivity index (χ0n) is 7.70. The Hall–Kier alpha value is -0.670. The highest BCUT2D eigenvalue weighted by Gasteiger charge is 2.39. The van der Waals surface area contributed by atoms with Crippen LogP contribution in [0.5, 0.6) is 0 Å². The number of carbonyl (C=O) groups is 1. The second-order valence-corrected chi connectivity index (χ2v) is 4.57. The maximum atomic E-state index is 10.6. The molecule has 1 heterocycles. The minimum absolute atomic E-state index is 0.0640. The summed E-state index contributed by atoms with van der Waals surface area (Å²) in [6.45, 7) is 1.31. The lowest BCUT2D eigenvalue weighted by Gasteiger charge is -2.40. The van der Waals surface area contributed by atoms with Gasteiger partial charge in [-0.25, -0.2) is 0 Å². The van der Waals surface area contributed by atoms with Crippen LogP contribution in [0.1, 0.15) is 12.0 Å². The molecule has 1 aliphatic heterocycles. The quantitative estimate of drug-likeness (QED) is 0.775. The van der Waals surface area contributed by atoms with Gasteiger partial charge >= 0.3 is 0 Å². The molecule has 1 aliphatic rings. The fourth-order valence-corrected chi connectivity index (χ4v) is 2.13. The molecule has 0 bridgehead atoms. The van der Waals surface area contributed by atoms with Crippen molar-refractivity contribution in [2.75, 3.05) is 13.2 Å². The van der Waals surface area contributed by atoms with Crippen LogP contribution in [0.15, 0.2) is 28.7 Å². The van der Waals surface area contributed by atoms with E-state index in [9.17, 15) is 4.79 Å². The Bertz CT molecular complexity index is 345. The van der Waals surface area contributed by atoms with Gasteiger partial charge in [-0.2, -0.15) is 0 Å². The number of ether oxygens (including phenoxy) is 1. The summed E-state index contributed by atoms with van der Waals surface area (Å²) in [5.74, 6) is 0. The number of hydrogen-bond donors (Lipinski definition) is 0. The number of halogens is 1. The number of hydrogen-bond acceptors (Lipinski definition) is 2. The highest BCUT2D eigenvalue weighted by molar-refractivity contribution is 9.10. The largest absolute Gasteiger partial charge is 0.379 e. The Balaban J connectivity index is 2.31. The normalized spacial score (nSPS) is 18.6. The molecular weight excluding hydrogens is 244 g/mol. The van der Waals surface area contributed by atoms with Crippen molar-refractivity contribution in [1.29, 1.82) is 0 Å². The van der Waals surface area contributed by atoms with Crippen molar-refractivity contribution >= 4 is 22.2 Å². The van der Waals surface area contributed by atoms with E-state index in [4.69, 9.17) is 4.74 Å². The second-order valence-electron chi connectivity index (χ2n) is 3.65. The molecule has 3 heteroatoms. The molecule has 0 amide bonds. The first-order valence-corrected chi connectivity index (χ1v) is 5.34. The van der Waals surface area contributed by atoms with Gasteiger partial charge in [0.05, 0.1) is 13.2 Å². The number of carbonyl (C=O) groups excluding carboxylic acids is 1. The maximum absolute atomic E-state index is 10.6. The number of benzene rings is 1. The van der Waals surface area contributed by atoms with Crippen molar-refractivity contribution in [3.8, 4) is 0 Å². The summed E-state index contributed by atoms with van der Waals surface area (Å²) in [5, 5.41) is 0. The van der Waals surface area contributed by atoms with E-state index < -0.39 is 0 Å². The molecule has 0 unspecified atom stereocenters. The van der Waals surface area contributed by atoms with Crippen LogP contribution in [0.25, 0.3) is 0 Å². The van der Waals surface area contributed by atoms with Crippen molar-refractivity contribution in [3.63, 3.8) is 0 Å². The molecule has 74 valence electrons. The van der Waals surface area contributed by atoms with Crippen molar-refractivity contribution < 1.29 is 9.53 Å². The molecule has 2 nitrogen and oxygen atoms in total. The summed E-state index contributed by atoms with van der Waals surface area (Å²) in [6, 6.07) is 8.09. The third-order valence-corrected chi connectivity index (χ3v) is 3.16. The van der Waals surface area contributed by atoms with Gasteiger partial charge in [-0.05, 0) is 17.7 Å². The summed E-state index contributed by atoms with van der Waals surface area (Å²) < 4.78 is 6.26. The lowest BCUT2D eigenvalue weighted by Crippen LogP contribution is -2.47. The topological polar surface area (TPSA) is 26.3 Å². The fourth-order valence-electron chi connectivity index (χ4n) is 1.73. The van der Waals surface area contributed by atoms with E-state index in [1.807, 2.05) is 12.1 Å². The Morgan fingerprint density at radius 1 is 1.50 bits per heavy atom. The standard InChI is InChI=1S/C11H11BrO2/c12-10-3-1-2-9(6-10)11(4-5-13)7-14-8-11/h1-3,5-6H,4,7-8H2. The summed E-state index contributed by atoms with van der Waals surface area (Å²) in [6.07, 6.45) is 1.52. The molecule has 0 atom stereocenters. The van der Waals surface area contributed by atoms with E-state index in [-0.39, 0.29) is 5.41 Å². The van der Waals surface area contributed by atoms with Gasteiger partial charge in [0.1, 0.15) is 6.29 Å². The van der Waals surface area contributed by atoms with E-state index in [2.05, 4.69) is 28.1 Å². The predicted molar refractivity (Wildman–Crippen MR) is 57.3 cm³/mol. The van der Waals surface area contributed by atoms with E-state index >= 15 is 0 Å². The van der Waals surface area contributed by atoms with Crippen LogP contribution in [0.3, 0.4) is 0 Å². The number of aldehydes is 1. The van der Waals surface area contributed by atoms with Gasteiger partial charge in [0, 0.05) is 16.3 Å². The van der Waals surface area contributed by atoms with Crippen LogP contribution in [-0.2, 0) is 14.9 Å². The Morgan fingerprint density at radius 2 is 2.29 bits per heavy atom. The molecule has 0 spiro atoms. The molecule has 1 aromatic carbocycles. The highest BCUT2D eigenvalue weighted by Crippen LogP contribution is 2.35. The van der Waals surface area contributed by atoms with Gasteiger partial charge in [0.25, 0.3) is 0 Å². The molecule has 0 N–H and O–H groups in total. The average molecular weight is 255 g/mol. The molecule has 0 aromatic heterocycles. The summed E-state index contributed by atoms with van der Waals surface area (Å²) in [7, 11) is 0. The van der Waals surface area contributed by atoms with E-state index in [0.29, 0.717) is 19.6 Å². The third kappa shape index (κ3) is 1.62. The van der Waals surface area contributed by atoms with Crippen molar-refractivity contribution in [3.05, 3.63) is 34.3 Å². The van der Waals surface area contributed by atoms with E-state index in [0.717, 1.165) is 10.8 Å². The Kier molecular flexibility index (Phi) is 2.70. The van der Waals surface area contributed by atoms with Crippen LogP contribution >= 0.6 is 15.9 Å². The Labute approximate surface area is 91.4 Å². The molecular formula is C11H11BrO2. The summed E-state index contributed by atoms with van der Waals surface area (Å²) in [5.41, 5.74) is 1.12. The fraction of sp³-hybridized carbons (Fsp3) is 0.364. The summed E-state index contributed by atoms with van der Waals surface area (Å²) >= 11 is 3.43. The molecule has 14 heavy (non-hydrogen) atoms. The molecule has 0 aliphatic carbocycles. The monoisotopic (exact) mass is 254 g/mol. The van der Waals surface area contributed by atoms with Gasteiger partial charge in [0.15, 0.2) is 0 Å². The maximum Gasteiger partial charge on any atom is 0.121 e. The first-order chi connectivity index (χ1) is 6.77. The molecule has 1 fully saturated rings. The van der Waals surface area contributed by atoms with Crippen molar-refractivity contribution in [2.24, 2.45) is 0 Å². The molecule has 0 radical (unpaired) electrons. The lowest BCUT2D eigenvalue weighted by atomic mass is 9.76. The zero-order chi connectivity index (χ0) is 10.0. The second kappa shape index (κ2) is 3.83. The minimum Gasteiger partial charge on any atom is -0.379 e. The molecule has 0 saturated carbocycles. The van der Waals surface area contributed by atoms with Crippen molar-refractivity contribution in [1.82, 2.24) is 0 Å². The van der Waals surface area contributed by atoms with Gasteiger partial charge in [0.2, 0.25) is 0 Å². The highest BCUT2D eigenvalue weighted by atomic mass is 79.9. The van der Waals surface area contributed by atoms with Crippen LogP contribution < -0.4 is 0 Å². The summed E-state index contributed by atoms with van der Waals surface area (Å²) in [4.78, 5) is 10.6. The van der Waals surface area contributed by atoms with Gasteiger partial charge in [-0.15, -0.1) is 0 Å². The van der Waals surface area contributed by atoms with Crippen LogP contribution in [-0.4, -0.2) is 19.5 Å². The molecule has 2 rings (SSSR count). The molecule has 1 aromatic rings. The van der Waals surface area contributed by atoms with Crippen LogP contribution in [0.2, 0.25) is 0 Å². The van der Waals surface area contributed by atoms with E-state index in [1.165, 1.54) is 5.56 Å². The van der Waals surface area contributed by atoms with Crippen LogP contribution in [0.4, 0.5) is 0 Å². The average Bonchev–Trinajstić information content (AvgIpc) is 2.11. The third-order valence-electron chi connectivity index (χ3n) is 2.67. The first-order valence-electron chi connectivity index (χ1n) is 4.54. The Morgan fingerprint density at radius 3 is 2.79 bits per heavy atom. The SMILES string of the molecule is O=CCC1(c2cccc(Br)c2)COC1. The predicted octanol–water partition coefficient (Wildman–Crippen LogP) is 2.31.